The number of carbonyl (C=O) groups excluding carboxylic acids is 2. The van der Waals surface area contributed by atoms with Crippen molar-refractivity contribution in [3.05, 3.63) is 102 Å². The fourth-order valence-electron chi connectivity index (χ4n) is 2.95. The maximum atomic E-state index is 12.4. The SMILES string of the molecule is O=C1NC(=NC(=O)c2ccc(Cl)cc2)S/C1=C\c1cc(Cl)c(OCc2ccccc2Cl)c(Cl)c1. The number of amides is 2. The van der Waals surface area contributed by atoms with Gasteiger partial charge in [-0.05, 0) is 65.9 Å². The van der Waals surface area contributed by atoms with Crippen molar-refractivity contribution in [3.8, 4) is 5.75 Å². The average molecular weight is 552 g/mol. The van der Waals surface area contributed by atoms with E-state index in [1.54, 1.807) is 48.5 Å². The van der Waals surface area contributed by atoms with Crippen LogP contribution >= 0.6 is 58.2 Å². The molecule has 1 aliphatic heterocycles. The number of ether oxygens (including phenoxy) is 1. The number of benzene rings is 3. The molecule has 3 aromatic carbocycles. The van der Waals surface area contributed by atoms with Crippen LogP contribution in [-0.4, -0.2) is 17.0 Å². The molecule has 0 atom stereocenters. The van der Waals surface area contributed by atoms with Crippen molar-refractivity contribution in [1.29, 1.82) is 0 Å². The standard InChI is InChI=1S/C24H14Cl4N2O3S/c25-16-7-5-14(6-8-16)22(31)29-24-30-23(32)20(34-24)11-13-9-18(27)21(19(28)10-13)33-12-15-3-1-2-4-17(15)26/h1-11H,12H2,(H,29,30,31,32)/b20-11-. The first kappa shape index (κ1) is 24.6. The Balaban J connectivity index is 1.49. The normalized spacial score (nSPS) is 15.6. The molecular weight excluding hydrogens is 538 g/mol. The molecule has 34 heavy (non-hydrogen) atoms. The molecule has 1 aliphatic rings. The summed E-state index contributed by atoms with van der Waals surface area (Å²) in [7, 11) is 0. The highest BCUT2D eigenvalue weighted by Gasteiger charge is 2.25. The summed E-state index contributed by atoms with van der Waals surface area (Å²) in [5.74, 6) is -0.574. The van der Waals surface area contributed by atoms with Gasteiger partial charge < -0.3 is 10.1 Å². The van der Waals surface area contributed by atoms with Gasteiger partial charge >= 0.3 is 0 Å². The number of thioether (sulfide) groups is 1. The van der Waals surface area contributed by atoms with E-state index < -0.39 is 5.91 Å². The Morgan fingerprint density at radius 3 is 2.32 bits per heavy atom. The molecule has 0 aliphatic carbocycles. The number of aliphatic imine (C=N–C) groups is 1. The van der Waals surface area contributed by atoms with Crippen LogP contribution in [0.2, 0.25) is 20.1 Å². The number of hydrogen-bond donors (Lipinski definition) is 1. The topological polar surface area (TPSA) is 67.8 Å². The molecule has 10 heteroatoms. The van der Waals surface area contributed by atoms with Crippen molar-refractivity contribution in [2.75, 3.05) is 0 Å². The first-order valence-corrected chi connectivity index (χ1v) is 12.1. The Morgan fingerprint density at radius 1 is 0.971 bits per heavy atom. The van der Waals surface area contributed by atoms with Gasteiger partial charge in [0.05, 0.1) is 15.0 Å². The van der Waals surface area contributed by atoms with Gasteiger partial charge in [-0.25, -0.2) is 0 Å². The third-order valence-electron chi connectivity index (χ3n) is 4.59. The lowest BCUT2D eigenvalue weighted by molar-refractivity contribution is -0.115. The largest absolute Gasteiger partial charge is 0.486 e. The molecular formula is C24H14Cl4N2O3S. The minimum atomic E-state index is -0.494. The lowest BCUT2D eigenvalue weighted by Crippen LogP contribution is -2.20. The smallest absolute Gasteiger partial charge is 0.279 e. The first-order valence-electron chi connectivity index (χ1n) is 9.75. The van der Waals surface area contributed by atoms with Crippen LogP contribution in [0, 0.1) is 0 Å². The summed E-state index contributed by atoms with van der Waals surface area (Å²) < 4.78 is 5.77. The van der Waals surface area contributed by atoms with Crippen molar-refractivity contribution in [2.24, 2.45) is 4.99 Å². The Morgan fingerprint density at radius 2 is 1.65 bits per heavy atom. The molecule has 5 nitrogen and oxygen atoms in total. The summed E-state index contributed by atoms with van der Waals surface area (Å²) in [5.41, 5.74) is 1.74. The Kier molecular flexibility index (Phi) is 7.86. The van der Waals surface area contributed by atoms with Crippen molar-refractivity contribution < 1.29 is 14.3 Å². The van der Waals surface area contributed by atoms with E-state index in [-0.39, 0.29) is 27.7 Å². The fourth-order valence-corrected chi connectivity index (χ4v) is 4.70. The zero-order valence-electron chi connectivity index (χ0n) is 17.2. The second-order valence-corrected chi connectivity index (χ2v) is 9.68. The molecule has 1 fully saturated rings. The zero-order chi connectivity index (χ0) is 24.2. The fraction of sp³-hybridized carbons (Fsp3) is 0.0417. The molecule has 1 saturated heterocycles. The van der Waals surface area contributed by atoms with Gasteiger partial charge in [-0.1, -0.05) is 64.6 Å². The molecule has 1 heterocycles. The Labute approximate surface area is 219 Å². The number of halogens is 4. The van der Waals surface area contributed by atoms with Gasteiger partial charge in [-0.15, -0.1) is 0 Å². The quantitative estimate of drug-likeness (QED) is 0.338. The molecule has 0 saturated carbocycles. The van der Waals surface area contributed by atoms with Crippen LogP contribution < -0.4 is 10.1 Å². The third-order valence-corrected chi connectivity index (χ3v) is 6.69. The minimum Gasteiger partial charge on any atom is -0.486 e. The molecule has 172 valence electrons. The van der Waals surface area contributed by atoms with E-state index in [4.69, 9.17) is 51.1 Å². The lowest BCUT2D eigenvalue weighted by Gasteiger charge is -2.12. The predicted molar refractivity (Wildman–Crippen MR) is 139 cm³/mol. The van der Waals surface area contributed by atoms with E-state index in [2.05, 4.69) is 10.3 Å². The van der Waals surface area contributed by atoms with Gasteiger partial charge in [0.15, 0.2) is 10.9 Å². The number of amidine groups is 1. The zero-order valence-corrected chi connectivity index (χ0v) is 21.0. The highest BCUT2D eigenvalue weighted by atomic mass is 35.5. The van der Waals surface area contributed by atoms with Crippen LogP contribution in [-0.2, 0) is 11.4 Å². The lowest BCUT2D eigenvalue weighted by atomic mass is 10.2. The number of rotatable bonds is 5. The van der Waals surface area contributed by atoms with Crippen LogP contribution in [0.15, 0.2) is 70.6 Å². The predicted octanol–water partition coefficient (Wildman–Crippen LogP) is 7.28. The maximum absolute atomic E-state index is 12.4. The Hall–Kier alpha value is -2.48. The van der Waals surface area contributed by atoms with Crippen LogP contribution in [0.25, 0.3) is 6.08 Å². The van der Waals surface area contributed by atoms with Gasteiger partial charge in [0.25, 0.3) is 11.8 Å². The molecule has 1 N–H and O–H groups in total. The second-order valence-electron chi connectivity index (χ2n) is 6.99. The number of carbonyl (C=O) groups is 2. The van der Waals surface area contributed by atoms with Crippen LogP contribution in [0.5, 0.6) is 5.75 Å². The summed E-state index contributed by atoms with van der Waals surface area (Å²) in [5, 5.41) is 4.40. The molecule has 0 aromatic heterocycles. The maximum Gasteiger partial charge on any atom is 0.279 e. The summed E-state index contributed by atoms with van der Waals surface area (Å²) in [6, 6.07) is 16.9. The summed E-state index contributed by atoms with van der Waals surface area (Å²) in [6.07, 6.45) is 1.60. The van der Waals surface area contributed by atoms with Crippen molar-refractivity contribution in [1.82, 2.24) is 5.32 Å². The van der Waals surface area contributed by atoms with Crippen molar-refractivity contribution >= 4 is 81.2 Å². The van der Waals surface area contributed by atoms with Gasteiger partial charge in [-0.3, -0.25) is 9.59 Å². The highest BCUT2D eigenvalue weighted by molar-refractivity contribution is 8.18. The van der Waals surface area contributed by atoms with Crippen molar-refractivity contribution in [3.63, 3.8) is 0 Å². The molecule has 3 aromatic rings. The summed E-state index contributed by atoms with van der Waals surface area (Å²) in [6.45, 7) is 0.194. The van der Waals surface area contributed by atoms with Gasteiger partial charge in [-0.2, -0.15) is 4.99 Å². The van der Waals surface area contributed by atoms with Crippen molar-refractivity contribution in [2.45, 2.75) is 6.61 Å². The number of nitrogens with zero attached hydrogens (tertiary/aromatic N) is 1. The van der Waals surface area contributed by atoms with E-state index in [0.29, 0.717) is 31.8 Å². The van der Waals surface area contributed by atoms with Gasteiger partial charge in [0, 0.05) is 21.2 Å². The summed E-state index contributed by atoms with van der Waals surface area (Å²) >= 11 is 25.8. The van der Waals surface area contributed by atoms with E-state index in [1.807, 2.05) is 18.2 Å². The second kappa shape index (κ2) is 10.8. The van der Waals surface area contributed by atoms with Crippen LogP contribution in [0.3, 0.4) is 0 Å². The van der Waals surface area contributed by atoms with Crippen LogP contribution in [0.1, 0.15) is 21.5 Å². The molecule has 2 amide bonds. The average Bonchev–Trinajstić information content (AvgIpc) is 3.13. The van der Waals surface area contributed by atoms with E-state index in [0.717, 1.165) is 17.3 Å². The highest BCUT2D eigenvalue weighted by Crippen LogP contribution is 2.37. The summed E-state index contributed by atoms with van der Waals surface area (Å²) in [4.78, 5) is 29.0. The third kappa shape index (κ3) is 5.95. The van der Waals surface area contributed by atoms with E-state index in [9.17, 15) is 9.59 Å². The van der Waals surface area contributed by atoms with Crippen LogP contribution in [0.4, 0.5) is 0 Å². The Bertz CT molecular complexity index is 1320. The van der Waals surface area contributed by atoms with Gasteiger partial charge in [0.1, 0.15) is 6.61 Å². The molecule has 4 rings (SSSR count). The minimum absolute atomic E-state index is 0.174. The number of nitrogens with one attached hydrogen (secondary N) is 1. The molecule has 0 bridgehead atoms. The monoisotopic (exact) mass is 550 g/mol. The molecule has 0 spiro atoms. The van der Waals surface area contributed by atoms with E-state index >= 15 is 0 Å². The molecule has 0 radical (unpaired) electrons. The number of hydrogen-bond acceptors (Lipinski definition) is 4. The first-order chi connectivity index (χ1) is 16.3. The van der Waals surface area contributed by atoms with Gasteiger partial charge in [0.2, 0.25) is 0 Å². The van der Waals surface area contributed by atoms with E-state index in [1.165, 1.54) is 0 Å². The molecule has 0 unspecified atom stereocenters.